The fourth-order valence-corrected chi connectivity index (χ4v) is 4.09. The zero-order chi connectivity index (χ0) is 12.1. The molecule has 3 atom stereocenters. The van der Waals surface area contributed by atoms with Crippen molar-refractivity contribution in [2.45, 2.75) is 42.8 Å². The average molecular weight is 250 g/mol. The summed E-state index contributed by atoms with van der Waals surface area (Å²) >= 11 is 2.00. The molecule has 1 aromatic heterocycles. The second-order valence-electron chi connectivity index (χ2n) is 4.92. The van der Waals surface area contributed by atoms with E-state index in [-0.39, 0.29) is 0 Å². The van der Waals surface area contributed by atoms with Gasteiger partial charge in [0, 0.05) is 22.5 Å². The lowest BCUT2D eigenvalue weighted by molar-refractivity contribution is 0.284. The van der Waals surface area contributed by atoms with Gasteiger partial charge < -0.3 is 5.73 Å². The van der Waals surface area contributed by atoms with Crippen LogP contribution in [0.15, 0.2) is 29.4 Å². The molecule has 0 saturated heterocycles. The molecule has 0 amide bonds. The minimum atomic E-state index is 0.691. The molecule has 1 aromatic rings. The van der Waals surface area contributed by atoms with E-state index < -0.39 is 0 Å². The van der Waals surface area contributed by atoms with Crippen molar-refractivity contribution in [2.24, 2.45) is 17.6 Å². The first kappa shape index (κ1) is 12.9. The Morgan fingerprint density at radius 1 is 1.35 bits per heavy atom. The Balaban J connectivity index is 2.00. The molecule has 1 saturated carbocycles. The molecule has 1 aliphatic carbocycles. The second-order valence-corrected chi connectivity index (χ2v) is 6.23. The van der Waals surface area contributed by atoms with Crippen molar-refractivity contribution in [3.05, 3.63) is 24.5 Å². The van der Waals surface area contributed by atoms with Crippen LogP contribution < -0.4 is 5.73 Å². The van der Waals surface area contributed by atoms with Crippen LogP contribution in [0.3, 0.4) is 0 Å². The molecule has 0 spiro atoms. The highest BCUT2D eigenvalue weighted by molar-refractivity contribution is 8.00. The fraction of sp³-hybridized carbons (Fsp3) is 0.643. The normalized spacial score (nSPS) is 29.2. The van der Waals surface area contributed by atoms with Crippen molar-refractivity contribution in [3.8, 4) is 0 Å². The predicted octanol–water partition coefficient (Wildman–Crippen LogP) is 3.33. The Kier molecular flexibility index (Phi) is 4.86. The third-order valence-electron chi connectivity index (χ3n) is 3.85. The van der Waals surface area contributed by atoms with E-state index in [1.54, 1.807) is 0 Å². The van der Waals surface area contributed by atoms with Gasteiger partial charge in [0.05, 0.1) is 0 Å². The van der Waals surface area contributed by atoms with Gasteiger partial charge in [0.2, 0.25) is 0 Å². The standard InChI is InChI=1S/C14H22N2S/c1-2-11-3-4-12(10-15)14(9-11)17-13-5-7-16-8-6-13/h5-8,11-12,14H,2-4,9-10,15H2,1H3. The van der Waals surface area contributed by atoms with Crippen LogP contribution >= 0.6 is 11.8 Å². The topological polar surface area (TPSA) is 38.9 Å². The number of hydrogen-bond acceptors (Lipinski definition) is 3. The average Bonchev–Trinajstić information content (AvgIpc) is 2.40. The largest absolute Gasteiger partial charge is 0.330 e. The van der Waals surface area contributed by atoms with Gasteiger partial charge in [0.15, 0.2) is 0 Å². The lowest BCUT2D eigenvalue weighted by Crippen LogP contribution is -2.32. The van der Waals surface area contributed by atoms with Crippen molar-refractivity contribution in [1.82, 2.24) is 4.98 Å². The van der Waals surface area contributed by atoms with Crippen LogP contribution in [0.5, 0.6) is 0 Å². The quantitative estimate of drug-likeness (QED) is 0.891. The van der Waals surface area contributed by atoms with Crippen LogP contribution in [-0.2, 0) is 0 Å². The summed E-state index contributed by atoms with van der Waals surface area (Å²) in [6.07, 6.45) is 9.05. The van der Waals surface area contributed by atoms with Crippen molar-refractivity contribution in [3.63, 3.8) is 0 Å². The Morgan fingerprint density at radius 3 is 2.76 bits per heavy atom. The molecule has 3 heteroatoms. The van der Waals surface area contributed by atoms with Gasteiger partial charge in [-0.05, 0) is 43.4 Å². The third kappa shape index (κ3) is 3.46. The number of hydrogen-bond donors (Lipinski definition) is 1. The molecule has 17 heavy (non-hydrogen) atoms. The molecule has 1 fully saturated rings. The van der Waals surface area contributed by atoms with E-state index in [1.165, 1.54) is 30.6 Å². The molecule has 0 radical (unpaired) electrons. The number of nitrogens with two attached hydrogens (primary N) is 1. The zero-order valence-electron chi connectivity index (χ0n) is 10.5. The summed E-state index contributed by atoms with van der Waals surface area (Å²) in [5.74, 6) is 1.59. The van der Waals surface area contributed by atoms with Crippen LogP contribution in [0.25, 0.3) is 0 Å². The number of rotatable bonds is 4. The SMILES string of the molecule is CCC1CCC(CN)C(Sc2ccncc2)C1. The molecule has 0 aliphatic heterocycles. The number of thioether (sulfide) groups is 1. The van der Waals surface area contributed by atoms with Crippen LogP contribution in [-0.4, -0.2) is 16.8 Å². The zero-order valence-corrected chi connectivity index (χ0v) is 11.3. The van der Waals surface area contributed by atoms with Gasteiger partial charge in [-0.1, -0.05) is 19.8 Å². The highest BCUT2D eigenvalue weighted by Crippen LogP contribution is 2.40. The predicted molar refractivity (Wildman–Crippen MR) is 74.1 cm³/mol. The summed E-state index contributed by atoms with van der Waals surface area (Å²) in [5, 5.41) is 0.695. The van der Waals surface area contributed by atoms with Gasteiger partial charge in [-0.15, -0.1) is 11.8 Å². The van der Waals surface area contributed by atoms with E-state index in [0.717, 1.165) is 12.5 Å². The summed E-state index contributed by atoms with van der Waals surface area (Å²) in [6.45, 7) is 3.14. The van der Waals surface area contributed by atoms with Crippen LogP contribution in [0.4, 0.5) is 0 Å². The molecule has 0 bridgehead atoms. The molecular weight excluding hydrogens is 228 g/mol. The highest BCUT2D eigenvalue weighted by Gasteiger charge is 2.29. The first-order valence-electron chi connectivity index (χ1n) is 6.60. The molecule has 2 rings (SSSR count). The first-order valence-corrected chi connectivity index (χ1v) is 7.48. The first-order chi connectivity index (χ1) is 8.33. The van der Waals surface area contributed by atoms with Gasteiger partial charge >= 0.3 is 0 Å². The molecule has 94 valence electrons. The van der Waals surface area contributed by atoms with E-state index >= 15 is 0 Å². The van der Waals surface area contributed by atoms with Gasteiger partial charge in [-0.25, -0.2) is 0 Å². The maximum atomic E-state index is 5.91. The Morgan fingerprint density at radius 2 is 2.12 bits per heavy atom. The van der Waals surface area contributed by atoms with E-state index in [2.05, 4.69) is 24.0 Å². The minimum absolute atomic E-state index is 0.691. The molecule has 1 heterocycles. The Labute approximate surface area is 108 Å². The number of aromatic nitrogens is 1. The summed E-state index contributed by atoms with van der Waals surface area (Å²) in [5.41, 5.74) is 5.91. The van der Waals surface area contributed by atoms with E-state index in [9.17, 15) is 0 Å². The van der Waals surface area contributed by atoms with Crippen molar-refractivity contribution in [2.75, 3.05) is 6.54 Å². The third-order valence-corrected chi connectivity index (χ3v) is 5.28. The second kappa shape index (κ2) is 6.41. The maximum absolute atomic E-state index is 5.91. The maximum Gasteiger partial charge on any atom is 0.0278 e. The lowest BCUT2D eigenvalue weighted by atomic mass is 9.80. The smallest absolute Gasteiger partial charge is 0.0278 e. The number of nitrogens with zero attached hydrogens (tertiary/aromatic N) is 1. The summed E-state index contributed by atoms with van der Waals surface area (Å²) in [6, 6.07) is 4.21. The molecule has 1 aliphatic rings. The molecule has 2 nitrogen and oxygen atoms in total. The summed E-state index contributed by atoms with van der Waals surface area (Å²) < 4.78 is 0. The number of pyridine rings is 1. The Bertz CT molecular complexity index is 328. The fourth-order valence-electron chi connectivity index (χ4n) is 2.65. The lowest BCUT2D eigenvalue weighted by Gasteiger charge is -2.34. The summed E-state index contributed by atoms with van der Waals surface area (Å²) in [4.78, 5) is 5.40. The van der Waals surface area contributed by atoms with E-state index in [1.807, 2.05) is 24.2 Å². The van der Waals surface area contributed by atoms with Crippen LogP contribution in [0.1, 0.15) is 32.6 Å². The molecule has 3 unspecified atom stereocenters. The molecule has 2 N–H and O–H groups in total. The van der Waals surface area contributed by atoms with Crippen molar-refractivity contribution >= 4 is 11.8 Å². The van der Waals surface area contributed by atoms with E-state index in [4.69, 9.17) is 5.73 Å². The molecule has 0 aromatic carbocycles. The minimum Gasteiger partial charge on any atom is -0.330 e. The monoisotopic (exact) mass is 250 g/mol. The Hall–Kier alpha value is -0.540. The van der Waals surface area contributed by atoms with Gasteiger partial charge in [-0.2, -0.15) is 0 Å². The van der Waals surface area contributed by atoms with Crippen molar-refractivity contribution in [1.29, 1.82) is 0 Å². The molecular formula is C14H22N2S. The van der Waals surface area contributed by atoms with Crippen LogP contribution in [0.2, 0.25) is 0 Å². The van der Waals surface area contributed by atoms with Gasteiger partial charge in [0.1, 0.15) is 0 Å². The van der Waals surface area contributed by atoms with Gasteiger partial charge in [-0.3, -0.25) is 4.98 Å². The van der Waals surface area contributed by atoms with E-state index in [0.29, 0.717) is 11.2 Å². The van der Waals surface area contributed by atoms with Gasteiger partial charge in [0.25, 0.3) is 0 Å². The highest BCUT2D eigenvalue weighted by atomic mass is 32.2. The van der Waals surface area contributed by atoms with Crippen LogP contribution in [0, 0.1) is 11.8 Å². The summed E-state index contributed by atoms with van der Waals surface area (Å²) in [7, 11) is 0. The van der Waals surface area contributed by atoms with Crippen molar-refractivity contribution < 1.29 is 0 Å².